The van der Waals surface area contributed by atoms with E-state index in [1.807, 2.05) is 48.5 Å². The molecule has 0 aliphatic rings. The van der Waals surface area contributed by atoms with Gasteiger partial charge in [0.15, 0.2) is 23.0 Å². The SMILES string of the molecule is CCCOc1ccccc1Oc1ccccc1OCCC. The highest BCUT2D eigenvalue weighted by Gasteiger charge is 2.09. The van der Waals surface area contributed by atoms with Crippen molar-refractivity contribution in [2.45, 2.75) is 26.7 Å². The van der Waals surface area contributed by atoms with E-state index in [1.165, 1.54) is 0 Å². The summed E-state index contributed by atoms with van der Waals surface area (Å²) in [6.45, 7) is 5.51. The van der Waals surface area contributed by atoms with Crippen LogP contribution in [-0.2, 0) is 0 Å². The topological polar surface area (TPSA) is 27.7 Å². The summed E-state index contributed by atoms with van der Waals surface area (Å²) in [5.41, 5.74) is 0. The summed E-state index contributed by atoms with van der Waals surface area (Å²) in [6, 6.07) is 15.4. The normalized spacial score (nSPS) is 10.2. The average molecular weight is 286 g/mol. The van der Waals surface area contributed by atoms with E-state index in [0.29, 0.717) is 24.7 Å². The Labute approximate surface area is 126 Å². The van der Waals surface area contributed by atoms with Crippen molar-refractivity contribution in [3.8, 4) is 23.0 Å². The van der Waals surface area contributed by atoms with Gasteiger partial charge in [-0.25, -0.2) is 0 Å². The number of benzene rings is 2. The van der Waals surface area contributed by atoms with Crippen LogP contribution < -0.4 is 14.2 Å². The van der Waals surface area contributed by atoms with Crippen molar-refractivity contribution < 1.29 is 14.2 Å². The molecule has 0 bridgehead atoms. The molecule has 2 rings (SSSR count). The van der Waals surface area contributed by atoms with Crippen molar-refractivity contribution in [2.24, 2.45) is 0 Å². The molecule has 0 spiro atoms. The van der Waals surface area contributed by atoms with Crippen LogP contribution in [0.1, 0.15) is 26.7 Å². The van der Waals surface area contributed by atoms with Crippen LogP contribution in [0.4, 0.5) is 0 Å². The lowest BCUT2D eigenvalue weighted by Gasteiger charge is -2.14. The fourth-order valence-corrected chi connectivity index (χ4v) is 1.85. The van der Waals surface area contributed by atoms with Crippen molar-refractivity contribution in [1.29, 1.82) is 0 Å². The Balaban J connectivity index is 2.18. The molecule has 0 unspecified atom stereocenters. The maximum absolute atomic E-state index is 5.98. The molecule has 0 fully saturated rings. The zero-order chi connectivity index (χ0) is 14.9. The second-order valence-corrected chi connectivity index (χ2v) is 4.69. The molecule has 0 saturated heterocycles. The van der Waals surface area contributed by atoms with Crippen LogP contribution in [0.25, 0.3) is 0 Å². The Morgan fingerprint density at radius 2 is 1.00 bits per heavy atom. The zero-order valence-electron chi connectivity index (χ0n) is 12.7. The van der Waals surface area contributed by atoms with Crippen molar-refractivity contribution >= 4 is 0 Å². The van der Waals surface area contributed by atoms with Gasteiger partial charge in [-0.05, 0) is 37.1 Å². The molecule has 0 aliphatic heterocycles. The standard InChI is InChI=1S/C18H22O3/c1-3-13-19-15-9-5-7-11-17(15)21-18-12-8-6-10-16(18)20-14-4-2/h5-12H,3-4,13-14H2,1-2H3. The third kappa shape index (κ3) is 4.42. The Morgan fingerprint density at radius 3 is 1.38 bits per heavy atom. The molecule has 0 atom stereocenters. The lowest BCUT2D eigenvalue weighted by atomic mass is 10.3. The van der Waals surface area contributed by atoms with E-state index in [-0.39, 0.29) is 0 Å². The van der Waals surface area contributed by atoms with Crippen LogP contribution in [0, 0.1) is 0 Å². The Kier molecular flexibility index (Phi) is 5.95. The molecule has 0 aromatic heterocycles. The van der Waals surface area contributed by atoms with E-state index in [0.717, 1.165) is 24.3 Å². The van der Waals surface area contributed by atoms with Crippen LogP contribution in [-0.4, -0.2) is 13.2 Å². The third-order valence-corrected chi connectivity index (χ3v) is 2.84. The molecule has 0 amide bonds. The van der Waals surface area contributed by atoms with Gasteiger partial charge in [-0.1, -0.05) is 38.1 Å². The van der Waals surface area contributed by atoms with Crippen molar-refractivity contribution in [2.75, 3.05) is 13.2 Å². The lowest BCUT2D eigenvalue weighted by molar-refractivity contribution is 0.288. The molecular weight excluding hydrogens is 264 g/mol. The van der Waals surface area contributed by atoms with Crippen LogP contribution in [0.2, 0.25) is 0 Å². The average Bonchev–Trinajstić information content (AvgIpc) is 2.53. The first-order valence-electron chi connectivity index (χ1n) is 7.46. The molecule has 3 heteroatoms. The van der Waals surface area contributed by atoms with Crippen molar-refractivity contribution in [3.63, 3.8) is 0 Å². The maximum atomic E-state index is 5.98. The molecule has 112 valence electrons. The molecule has 2 aromatic carbocycles. The van der Waals surface area contributed by atoms with Gasteiger partial charge >= 0.3 is 0 Å². The lowest BCUT2D eigenvalue weighted by Crippen LogP contribution is -1.99. The summed E-state index contributed by atoms with van der Waals surface area (Å²) in [7, 11) is 0. The summed E-state index contributed by atoms with van der Waals surface area (Å²) in [5.74, 6) is 2.92. The number of rotatable bonds is 8. The molecular formula is C18H22O3. The van der Waals surface area contributed by atoms with Crippen LogP contribution in [0.15, 0.2) is 48.5 Å². The molecule has 0 radical (unpaired) electrons. The second-order valence-electron chi connectivity index (χ2n) is 4.69. The molecule has 0 heterocycles. The predicted octanol–water partition coefficient (Wildman–Crippen LogP) is 5.06. The molecule has 0 N–H and O–H groups in total. The molecule has 0 saturated carbocycles. The van der Waals surface area contributed by atoms with Gasteiger partial charge in [0.05, 0.1) is 13.2 Å². The van der Waals surface area contributed by atoms with Crippen LogP contribution in [0.3, 0.4) is 0 Å². The monoisotopic (exact) mass is 286 g/mol. The van der Waals surface area contributed by atoms with E-state index in [4.69, 9.17) is 14.2 Å². The molecule has 3 nitrogen and oxygen atoms in total. The zero-order valence-corrected chi connectivity index (χ0v) is 12.7. The highest BCUT2D eigenvalue weighted by atomic mass is 16.5. The van der Waals surface area contributed by atoms with E-state index >= 15 is 0 Å². The van der Waals surface area contributed by atoms with E-state index < -0.39 is 0 Å². The van der Waals surface area contributed by atoms with E-state index in [1.54, 1.807) is 0 Å². The number of hydrogen-bond donors (Lipinski definition) is 0. The first-order valence-corrected chi connectivity index (χ1v) is 7.46. The number of para-hydroxylation sites is 4. The minimum Gasteiger partial charge on any atom is -0.490 e. The largest absolute Gasteiger partial charge is 0.490 e. The number of hydrogen-bond acceptors (Lipinski definition) is 3. The van der Waals surface area contributed by atoms with Crippen molar-refractivity contribution in [3.05, 3.63) is 48.5 Å². The van der Waals surface area contributed by atoms with Crippen molar-refractivity contribution in [1.82, 2.24) is 0 Å². The molecule has 2 aromatic rings. The van der Waals surface area contributed by atoms with Gasteiger partial charge < -0.3 is 14.2 Å². The first kappa shape index (κ1) is 15.2. The van der Waals surface area contributed by atoms with Crippen LogP contribution in [0.5, 0.6) is 23.0 Å². The van der Waals surface area contributed by atoms with Gasteiger partial charge in [0, 0.05) is 0 Å². The first-order chi connectivity index (χ1) is 10.3. The predicted molar refractivity (Wildman–Crippen MR) is 84.5 cm³/mol. The van der Waals surface area contributed by atoms with Gasteiger partial charge in [0.25, 0.3) is 0 Å². The van der Waals surface area contributed by atoms with Gasteiger partial charge in [0.1, 0.15) is 0 Å². The van der Waals surface area contributed by atoms with Gasteiger partial charge in [-0.3, -0.25) is 0 Å². The highest BCUT2D eigenvalue weighted by Crippen LogP contribution is 2.36. The fourth-order valence-electron chi connectivity index (χ4n) is 1.85. The Morgan fingerprint density at radius 1 is 0.619 bits per heavy atom. The minimum atomic E-state index is 0.675. The van der Waals surface area contributed by atoms with Crippen LogP contribution >= 0.6 is 0 Å². The third-order valence-electron chi connectivity index (χ3n) is 2.84. The van der Waals surface area contributed by atoms with Gasteiger partial charge in [-0.2, -0.15) is 0 Å². The highest BCUT2D eigenvalue weighted by molar-refractivity contribution is 5.47. The summed E-state index contributed by atoms with van der Waals surface area (Å²) in [6.07, 6.45) is 1.93. The second kappa shape index (κ2) is 8.20. The minimum absolute atomic E-state index is 0.675. The number of ether oxygens (including phenoxy) is 3. The molecule has 21 heavy (non-hydrogen) atoms. The smallest absolute Gasteiger partial charge is 0.169 e. The Hall–Kier alpha value is -2.16. The van der Waals surface area contributed by atoms with Gasteiger partial charge in [-0.15, -0.1) is 0 Å². The van der Waals surface area contributed by atoms with E-state index in [9.17, 15) is 0 Å². The Bertz CT molecular complexity index is 502. The van der Waals surface area contributed by atoms with Gasteiger partial charge in [0.2, 0.25) is 0 Å². The summed E-state index contributed by atoms with van der Waals surface area (Å²) in [5, 5.41) is 0. The van der Waals surface area contributed by atoms with E-state index in [2.05, 4.69) is 13.8 Å². The summed E-state index contributed by atoms with van der Waals surface area (Å²) in [4.78, 5) is 0. The quantitative estimate of drug-likeness (QED) is 0.679. The fraction of sp³-hybridized carbons (Fsp3) is 0.333. The summed E-state index contributed by atoms with van der Waals surface area (Å²) >= 11 is 0. The maximum Gasteiger partial charge on any atom is 0.169 e. The molecule has 0 aliphatic carbocycles. The summed E-state index contributed by atoms with van der Waals surface area (Å²) < 4.78 is 17.4.